The van der Waals surface area contributed by atoms with Crippen LogP contribution in [0.3, 0.4) is 0 Å². The van der Waals surface area contributed by atoms with E-state index >= 15 is 0 Å². The highest BCUT2D eigenvalue weighted by Gasteiger charge is 2.35. The number of hydrogen-bond donors (Lipinski definition) is 1. The van der Waals surface area contributed by atoms with E-state index in [1.54, 1.807) is 10.4 Å². The van der Waals surface area contributed by atoms with Gasteiger partial charge in [0.25, 0.3) is 0 Å². The standard InChI is InChI=1S/C20H24FN3OS/c1-15-6-7-18(17(21)14-15)24-20-5-3-2-4-19(20)23(26(24)25)13-10-16-8-11-22-12-9-16/h2-7,14,16,22H,8-13H2,1H3. The van der Waals surface area contributed by atoms with E-state index in [4.69, 9.17) is 0 Å². The fourth-order valence-electron chi connectivity index (χ4n) is 3.77. The van der Waals surface area contributed by atoms with Crippen LogP contribution in [-0.4, -0.2) is 23.8 Å². The van der Waals surface area contributed by atoms with Gasteiger partial charge in [-0.25, -0.2) is 12.9 Å². The summed E-state index contributed by atoms with van der Waals surface area (Å²) in [6.45, 7) is 4.70. The van der Waals surface area contributed by atoms with Crippen molar-refractivity contribution in [2.75, 3.05) is 28.2 Å². The van der Waals surface area contributed by atoms with Crippen LogP contribution < -0.4 is 13.9 Å². The molecule has 1 unspecified atom stereocenters. The summed E-state index contributed by atoms with van der Waals surface area (Å²) in [5, 5.41) is 3.38. The van der Waals surface area contributed by atoms with Crippen molar-refractivity contribution in [3.8, 4) is 0 Å². The normalized spacial score (nSPS) is 20.5. The molecule has 0 bridgehead atoms. The number of aryl methyl sites for hydroxylation is 1. The van der Waals surface area contributed by atoms with Gasteiger partial charge in [0.15, 0.2) is 0 Å². The first-order valence-corrected chi connectivity index (χ1v) is 10.3. The van der Waals surface area contributed by atoms with Crippen molar-refractivity contribution in [3.63, 3.8) is 0 Å². The fourth-order valence-corrected chi connectivity index (χ4v) is 5.19. The molecule has 2 aliphatic rings. The predicted molar refractivity (Wildman–Crippen MR) is 105 cm³/mol. The van der Waals surface area contributed by atoms with Crippen LogP contribution in [0.4, 0.5) is 21.5 Å². The summed E-state index contributed by atoms with van der Waals surface area (Å²) >= 11 is -1.46. The Balaban J connectivity index is 1.62. The Kier molecular flexibility index (Phi) is 4.96. The molecule has 2 heterocycles. The SMILES string of the molecule is Cc1ccc(N2c3ccccc3N(CCC3CCNCC3)S2=O)c(F)c1. The average Bonchev–Trinajstić information content (AvgIpc) is 2.93. The third kappa shape index (κ3) is 3.23. The molecule has 1 fully saturated rings. The Morgan fingerprint density at radius 2 is 1.85 bits per heavy atom. The molecule has 6 heteroatoms. The van der Waals surface area contributed by atoms with Crippen molar-refractivity contribution in [1.29, 1.82) is 0 Å². The van der Waals surface area contributed by atoms with Crippen LogP contribution in [0, 0.1) is 18.7 Å². The average molecular weight is 373 g/mol. The third-order valence-electron chi connectivity index (χ3n) is 5.24. The molecule has 1 atom stereocenters. The summed E-state index contributed by atoms with van der Waals surface area (Å²) in [5.74, 6) is 0.318. The summed E-state index contributed by atoms with van der Waals surface area (Å²) in [5.41, 5.74) is 2.94. The lowest BCUT2D eigenvalue weighted by atomic mass is 9.95. The minimum Gasteiger partial charge on any atom is -0.317 e. The third-order valence-corrected chi connectivity index (χ3v) is 6.70. The number of nitrogens with zero attached hydrogens (tertiary/aromatic N) is 2. The van der Waals surface area contributed by atoms with Gasteiger partial charge < -0.3 is 5.32 Å². The number of anilines is 3. The Labute approximate surface area is 156 Å². The van der Waals surface area contributed by atoms with Gasteiger partial charge in [-0.15, -0.1) is 0 Å². The molecule has 2 aromatic rings. The topological polar surface area (TPSA) is 35.6 Å². The number of benzene rings is 2. The van der Waals surface area contributed by atoms with Gasteiger partial charge in [-0.05, 0) is 75.0 Å². The molecule has 0 amide bonds. The van der Waals surface area contributed by atoms with Gasteiger partial charge >= 0.3 is 0 Å². The molecule has 4 nitrogen and oxygen atoms in total. The van der Waals surface area contributed by atoms with E-state index in [9.17, 15) is 8.60 Å². The molecule has 1 N–H and O–H groups in total. The molecular weight excluding hydrogens is 349 g/mol. The second kappa shape index (κ2) is 7.37. The monoisotopic (exact) mass is 373 g/mol. The van der Waals surface area contributed by atoms with Crippen molar-refractivity contribution in [2.45, 2.75) is 26.2 Å². The summed E-state index contributed by atoms with van der Waals surface area (Å²) in [4.78, 5) is 0. The Morgan fingerprint density at radius 1 is 1.12 bits per heavy atom. The number of para-hydroxylation sites is 2. The highest BCUT2D eigenvalue weighted by Crippen LogP contribution is 2.44. The lowest BCUT2D eigenvalue weighted by Gasteiger charge is -2.25. The molecule has 0 spiro atoms. The molecule has 138 valence electrons. The molecule has 2 aromatic carbocycles. The highest BCUT2D eigenvalue weighted by atomic mass is 32.2. The molecule has 1 saturated heterocycles. The van der Waals surface area contributed by atoms with Crippen molar-refractivity contribution < 1.29 is 8.60 Å². The molecule has 0 aliphatic carbocycles. The molecule has 4 rings (SSSR count). The second-order valence-corrected chi connectivity index (χ2v) is 8.32. The van der Waals surface area contributed by atoms with E-state index in [0.29, 0.717) is 11.6 Å². The zero-order chi connectivity index (χ0) is 18.1. The van der Waals surface area contributed by atoms with Crippen LogP contribution in [0.25, 0.3) is 0 Å². The minimum atomic E-state index is -1.46. The zero-order valence-corrected chi connectivity index (χ0v) is 15.8. The van der Waals surface area contributed by atoms with Gasteiger partial charge in [-0.1, -0.05) is 18.2 Å². The molecular formula is C20H24FN3OS. The smallest absolute Gasteiger partial charge is 0.230 e. The maximum atomic E-state index is 14.6. The summed E-state index contributed by atoms with van der Waals surface area (Å²) in [6, 6.07) is 12.8. The van der Waals surface area contributed by atoms with E-state index in [2.05, 4.69) is 5.32 Å². The second-order valence-electron chi connectivity index (χ2n) is 7.05. The van der Waals surface area contributed by atoms with Gasteiger partial charge in [0.05, 0.1) is 17.1 Å². The van der Waals surface area contributed by atoms with Gasteiger partial charge in [0, 0.05) is 6.54 Å². The van der Waals surface area contributed by atoms with Crippen molar-refractivity contribution in [3.05, 3.63) is 53.8 Å². The predicted octanol–water partition coefficient (Wildman–Crippen LogP) is 4.06. The van der Waals surface area contributed by atoms with Crippen molar-refractivity contribution >= 4 is 28.2 Å². The van der Waals surface area contributed by atoms with Crippen molar-refractivity contribution in [2.24, 2.45) is 5.92 Å². The number of piperidine rings is 1. The van der Waals surface area contributed by atoms with E-state index in [1.807, 2.05) is 41.6 Å². The highest BCUT2D eigenvalue weighted by molar-refractivity contribution is 7.88. The Bertz CT molecular complexity index is 822. The first-order valence-electron chi connectivity index (χ1n) is 9.21. The number of halogens is 1. The van der Waals surface area contributed by atoms with E-state index < -0.39 is 11.2 Å². The van der Waals surface area contributed by atoms with E-state index in [-0.39, 0.29) is 5.82 Å². The zero-order valence-electron chi connectivity index (χ0n) is 15.0. The molecule has 26 heavy (non-hydrogen) atoms. The lowest BCUT2D eigenvalue weighted by molar-refractivity contribution is 0.359. The summed E-state index contributed by atoms with van der Waals surface area (Å²) in [7, 11) is 0. The van der Waals surface area contributed by atoms with Crippen LogP contribution in [-0.2, 0) is 11.2 Å². The summed E-state index contributed by atoms with van der Waals surface area (Å²) < 4.78 is 31.4. The fraction of sp³-hybridized carbons (Fsp3) is 0.400. The number of fused-ring (bicyclic) bond motifs is 1. The van der Waals surface area contributed by atoms with Crippen LogP contribution >= 0.6 is 0 Å². The summed E-state index contributed by atoms with van der Waals surface area (Å²) in [6.07, 6.45) is 3.34. The van der Waals surface area contributed by atoms with Crippen LogP contribution in [0.5, 0.6) is 0 Å². The van der Waals surface area contributed by atoms with E-state index in [1.165, 1.54) is 18.9 Å². The van der Waals surface area contributed by atoms with Gasteiger partial charge in [-0.3, -0.25) is 4.31 Å². The Morgan fingerprint density at radius 3 is 2.58 bits per heavy atom. The molecule has 0 saturated carbocycles. The largest absolute Gasteiger partial charge is 0.317 e. The maximum absolute atomic E-state index is 14.6. The van der Waals surface area contributed by atoms with Crippen molar-refractivity contribution in [1.82, 2.24) is 5.32 Å². The van der Waals surface area contributed by atoms with Gasteiger partial charge in [-0.2, -0.15) is 0 Å². The Hall–Kier alpha value is -1.92. The van der Waals surface area contributed by atoms with Gasteiger partial charge in [0.1, 0.15) is 5.82 Å². The molecule has 0 aromatic heterocycles. The number of hydrogen-bond acceptors (Lipinski definition) is 2. The number of nitrogens with one attached hydrogen (secondary N) is 1. The first-order chi connectivity index (χ1) is 12.6. The van der Waals surface area contributed by atoms with Crippen LogP contribution in [0.1, 0.15) is 24.8 Å². The van der Waals surface area contributed by atoms with Crippen LogP contribution in [0.15, 0.2) is 42.5 Å². The van der Waals surface area contributed by atoms with Gasteiger partial charge in [0.2, 0.25) is 11.2 Å². The minimum absolute atomic E-state index is 0.339. The maximum Gasteiger partial charge on any atom is 0.230 e. The number of rotatable bonds is 4. The van der Waals surface area contributed by atoms with E-state index in [0.717, 1.165) is 43.0 Å². The molecule has 0 radical (unpaired) electrons. The van der Waals surface area contributed by atoms with Crippen LogP contribution in [0.2, 0.25) is 0 Å². The lowest BCUT2D eigenvalue weighted by Crippen LogP contribution is -2.33. The first kappa shape index (κ1) is 17.5. The quantitative estimate of drug-likeness (QED) is 0.877. The molecule has 2 aliphatic heterocycles.